The molecule has 13 heteroatoms. The normalized spacial score (nSPS) is 17.7. The second-order valence-electron chi connectivity index (χ2n) is 8.36. The Balaban J connectivity index is 1.49. The number of carbonyl (C=O) groups is 3. The van der Waals surface area contributed by atoms with Crippen LogP contribution in [0.2, 0.25) is 5.02 Å². The van der Waals surface area contributed by atoms with E-state index in [0.717, 1.165) is 16.3 Å². The second-order valence-corrected chi connectivity index (χ2v) is 10.8. The van der Waals surface area contributed by atoms with Crippen LogP contribution in [0.15, 0.2) is 82.7 Å². The number of hydrogen-bond acceptors (Lipinski definition) is 7. The molecule has 1 heterocycles. The summed E-state index contributed by atoms with van der Waals surface area (Å²) in [5, 5.41) is 9.72. The maximum absolute atomic E-state index is 13.3. The number of amides is 4. The Morgan fingerprint density at radius 2 is 1.92 bits per heavy atom. The molecule has 0 bridgehead atoms. The number of carbonyl (C=O) groups excluding carboxylic acids is 3. The van der Waals surface area contributed by atoms with E-state index in [1.54, 1.807) is 48.6 Å². The standard InChI is InChI=1S/C25H23ClN4O7S/c1-29(38(35,36)19-11-9-17(10-12-19)37-18-6-4-5-16(26)15-18)22(23(31)28-34)13-14-30-24(32)20-7-2-3-8-21(20)27-25(30)33/h2-12,15,20,22,34H,13-14H2,1H3,(H,28,31). The number of aliphatic imine (C=N–C) groups is 1. The maximum atomic E-state index is 13.3. The highest BCUT2D eigenvalue weighted by molar-refractivity contribution is 7.89. The Labute approximate surface area is 223 Å². The Bertz CT molecular complexity index is 1450. The Morgan fingerprint density at radius 1 is 1.18 bits per heavy atom. The summed E-state index contributed by atoms with van der Waals surface area (Å²) in [4.78, 5) is 42.3. The summed E-state index contributed by atoms with van der Waals surface area (Å²) in [5.41, 5.74) is 1.76. The van der Waals surface area contributed by atoms with Crippen LogP contribution < -0.4 is 10.2 Å². The van der Waals surface area contributed by atoms with Gasteiger partial charge in [0.2, 0.25) is 15.9 Å². The third kappa shape index (κ3) is 5.68. The van der Waals surface area contributed by atoms with E-state index in [0.29, 0.717) is 22.2 Å². The number of sulfonamides is 1. The van der Waals surface area contributed by atoms with Gasteiger partial charge in [-0.15, -0.1) is 0 Å². The summed E-state index contributed by atoms with van der Waals surface area (Å²) in [6.45, 7) is -0.299. The van der Waals surface area contributed by atoms with Crippen LogP contribution in [0.4, 0.5) is 4.79 Å². The maximum Gasteiger partial charge on any atom is 0.350 e. The molecule has 0 fully saturated rings. The molecule has 198 valence electrons. The van der Waals surface area contributed by atoms with Crippen LogP contribution in [0.25, 0.3) is 0 Å². The molecule has 0 aromatic heterocycles. The number of imide groups is 1. The van der Waals surface area contributed by atoms with Gasteiger partial charge in [-0.05, 0) is 55.0 Å². The van der Waals surface area contributed by atoms with Crippen molar-refractivity contribution in [2.24, 2.45) is 10.9 Å². The number of halogens is 1. The van der Waals surface area contributed by atoms with Gasteiger partial charge in [0.05, 0.1) is 16.5 Å². The van der Waals surface area contributed by atoms with E-state index < -0.39 is 39.8 Å². The Morgan fingerprint density at radius 3 is 2.61 bits per heavy atom. The van der Waals surface area contributed by atoms with Crippen LogP contribution in [0, 0.1) is 5.92 Å². The first-order valence-corrected chi connectivity index (χ1v) is 13.2. The minimum absolute atomic E-state index is 0.146. The molecule has 2 aromatic carbocycles. The van der Waals surface area contributed by atoms with Gasteiger partial charge >= 0.3 is 6.03 Å². The van der Waals surface area contributed by atoms with Crippen LogP contribution in [-0.4, -0.2) is 66.0 Å². The van der Waals surface area contributed by atoms with E-state index in [-0.39, 0.29) is 17.9 Å². The highest BCUT2D eigenvalue weighted by Crippen LogP contribution is 2.27. The molecule has 2 aliphatic rings. The lowest BCUT2D eigenvalue weighted by molar-refractivity contribution is -0.134. The summed E-state index contributed by atoms with van der Waals surface area (Å²) < 4.78 is 33.0. The number of nitrogens with zero attached hydrogens (tertiary/aromatic N) is 3. The fourth-order valence-electron chi connectivity index (χ4n) is 3.97. The van der Waals surface area contributed by atoms with Gasteiger partial charge < -0.3 is 4.74 Å². The van der Waals surface area contributed by atoms with Crippen molar-refractivity contribution >= 4 is 45.2 Å². The molecule has 0 saturated heterocycles. The van der Waals surface area contributed by atoms with Crippen molar-refractivity contribution in [2.45, 2.75) is 17.4 Å². The topological polar surface area (TPSA) is 146 Å². The fraction of sp³-hybridized carbons (Fsp3) is 0.200. The van der Waals surface area contributed by atoms with Gasteiger partial charge in [-0.25, -0.2) is 18.7 Å². The third-order valence-electron chi connectivity index (χ3n) is 6.00. The first-order chi connectivity index (χ1) is 18.1. The highest BCUT2D eigenvalue weighted by atomic mass is 35.5. The third-order valence-corrected chi connectivity index (χ3v) is 8.11. The summed E-state index contributed by atoms with van der Waals surface area (Å²) in [7, 11) is -3.08. The molecule has 4 amide bonds. The lowest BCUT2D eigenvalue weighted by atomic mass is 9.95. The molecule has 0 saturated carbocycles. The summed E-state index contributed by atoms with van der Waals surface area (Å²) in [6, 6.07) is 9.90. The van der Waals surface area contributed by atoms with E-state index in [1.165, 1.54) is 29.7 Å². The molecule has 1 aliphatic heterocycles. The Hall–Kier alpha value is -3.84. The van der Waals surface area contributed by atoms with Crippen LogP contribution in [0.5, 0.6) is 11.5 Å². The van der Waals surface area contributed by atoms with Crippen molar-refractivity contribution in [3.63, 3.8) is 0 Å². The molecule has 1 aliphatic carbocycles. The van der Waals surface area contributed by atoms with Crippen molar-refractivity contribution in [1.29, 1.82) is 0 Å². The quantitative estimate of drug-likeness (QED) is 0.355. The molecule has 0 radical (unpaired) electrons. The zero-order valence-electron chi connectivity index (χ0n) is 20.0. The molecule has 0 spiro atoms. The van der Waals surface area contributed by atoms with Crippen molar-refractivity contribution in [3.8, 4) is 11.5 Å². The summed E-state index contributed by atoms with van der Waals surface area (Å²) in [5.74, 6) is -1.49. The zero-order chi connectivity index (χ0) is 27.4. The minimum Gasteiger partial charge on any atom is -0.457 e. The van der Waals surface area contributed by atoms with Crippen molar-refractivity contribution in [2.75, 3.05) is 13.6 Å². The van der Waals surface area contributed by atoms with E-state index in [9.17, 15) is 28.0 Å². The van der Waals surface area contributed by atoms with Gasteiger partial charge in [-0.2, -0.15) is 9.30 Å². The van der Waals surface area contributed by atoms with Crippen LogP contribution >= 0.6 is 11.6 Å². The molecule has 11 nitrogen and oxygen atoms in total. The summed E-state index contributed by atoms with van der Waals surface area (Å²) in [6.07, 6.45) is 6.18. The number of benzene rings is 2. The lowest BCUT2D eigenvalue weighted by Gasteiger charge is -2.31. The first kappa shape index (κ1) is 27.2. The average molecular weight is 559 g/mol. The van der Waals surface area contributed by atoms with Gasteiger partial charge in [0.25, 0.3) is 5.91 Å². The van der Waals surface area contributed by atoms with Crippen molar-refractivity contribution in [1.82, 2.24) is 14.7 Å². The number of rotatable bonds is 9. The number of hydroxylamine groups is 1. The zero-order valence-corrected chi connectivity index (χ0v) is 21.6. The van der Waals surface area contributed by atoms with Crippen molar-refractivity contribution < 1.29 is 32.7 Å². The van der Waals surface area contributed by atoms with E-state index in [1.807, 2.05) is 0 Å². The molecular formula is C25H23ClN4O7S. The number of nitrogens with one attached hydrogen (secondary N) is 1. The molecule has 2 atom stereocenters. The number of urea groups is 1. The highest BCUT2D eigenvalue weighted by Gasteiger charge is 2.38. The molecule has 4 rings (SSSR count). The number of hydrogen-bond donors (Lipinski definition) is 2. The van der Waals surface area contributed by atoms with Crippen LogP contribution in [-0.2, 0) is 19.6 Å². The molecule has 2 aromatic rings. The predicted molar refractivity (Wildman–Crippen MR) is 138 cm³/mol. The predicted octanol–water partition coefficient (Wildman–Crippen LogP) is 3.16. The SMILES string of the molecule is CN(C(CCN1C(=O)N=C2C=CC=CC2C1=O)C(=O)NO)S(=O)(=O)c1ccc(Oc2cccc(Cl)c2)cc1. The van der Waals surface area contributed by atoms with Crippen LogP contribution in [0.1, 0.15) is 6.42 Å². The number of ether oxygens (including phenoxy) is 1. The second kappa shape index (κ2) is 11.3. The van der Waals surface area contributed by atoms with Gasteiger partial charge in [0.15, 0.2) is 0 Å². The molecular weight excluding hydrogens is 536 g/mol. The van der Waals surface area contributed by atoms with E-state index >= 15 is 0 Å². The lowest BCUT2D eigenvalue weighted by Crippen LogP contribution is -2.51. The average Bonchev–Trinajstić information content (AvgIpc) is 2.90. The fourth-order valence-corrected chi connectivity index (χ4v) is 5.50. The van der Waals surface area contributed by atoms with E-state index in [2.05, 4.69) is 4.99 Å². The molecule has 2 N–H and O–H groups in total. The molecule has 38 heavy (non-hydrogen) atoms. The van der Waals surface area contributed by atoms with E-state index in [4.69, 9.17) is 16.3 Å². The number of allylic oxidation sites excluding steroid dienone is 3. The van der Waals surface area contributed by atoms with Crippen molar-refractivity contribution in [3.05, 3.63) is 77.9 Å². The largest absolute Gasteiger partial charge is 0.457 e. The monoisotopic (exact) mass is 558 g/mol. The minimum atomic E-state index is -4.24. The smallest absolute Gasteiger partial charge is 0.350 e. The first-order valence-electron chi connectivity index (χ1n) is 11.4. The van der Waals surface area contributed by atoms with Gasteiger partial charge in [-0.3, -0.25) is 19.7 Å². The number of fused-ring (bicyclic) bond motifs is 1. The van der Waals surface area contributed by atoms with Gasteiger partial charge in [-0.1, -0.05) is 35.9 Å². The van der Waals surface area contributed by atoms with Gasteiger partial charge in [0.1, 0.15) is 17.5 Å². The number of likely N-dealkylation sites (N-methyl/N-ethyl adjacent to an activating group) is 1. The summed E-state index contributed by atoms with van der Waals surface area (Å²) >= 11 is 5.95. The Kier molecular flexibility index (Phi) is 8.07. The van der Waals surface area contributed by atoms with Crippen LogP contribution in [0.3, 0.4) is 0 Å². The van der Waals surface area contributed by atoms with Gasteiger partial charge in [0, 0.05) is 18.6 Å². The molecule has 2 unspecified atom stereocenters.